The molecule has 0 spiro atoms. The van der Waals surface area contributed by atoms with Crippen LogP contribution in [0, 0.1) is 13.8 Å². The Bertz CT molecular complexity index is 614. The second kappa shape index (κ2) is 7.83. The fourth-order valence-corrected chi connectivity index (χ4v) is 1.98. The summed E-state index contributed by atoms with van der Waals surface area (Å²) in [5.74, 6) is -0.105. The zero-order valence-corrected chi connectivity index (χ0v) is 15.5. The summed E-state index contributed by atoms with van der Waals surface area (Å²) < 4.78 is 44.4. The van der Waals surface area contributed by atoms with Crippen molar-refractivity contribution in [2.45, 2.75) is 20.5 Å². The topological polar surface area (TPSA) is 9.23 Å². The SMILES string of the molecule is Cc1ccc(OCc2ccccc2C)c([B-](F)(F)F)c1.[K+]. The summed E-state index contributed by atoms with van der Waals surface area (Å²) in [7, 11) is 0. The largest absolute Gasteiger partial charge is 1.00 e. The van der Waals surface area contributed by atoms with E-state index in [0.29, 0.717) is 5.56 Å². The molecule has 0 amide bonds. The van der Waals surface area contributed by atoms with Crippen LogP contribution in [0.5, 0.6) is 5.75 Å². The van der Waals surface area contributed by atoms with Crippen molar-refractivity contribution in [1.29, 1.82) is 0 Å². The summed E-state index contributed by atoms with van der Waals surface area (Å²) in [6.07, 6.45) is 0. The predicted octanol–water partition coefficient (Wildman–Crippen LogP) is 0.941. The zero-order chi connectivity index (χ0) is 14.8. The minimum absolute atomic E-state index is 0. The van der Waals surface area contributed by atoms with Crippen LogP contribution in [0.4, 0.5) is 12.9 Å². The number of halogens is 3. The van der Waals surface area contributed by atoms with Gasteiger partial charge in [-0.3, -0.25) is 0 Å². The van der Waals surface area contributed by atoms with Crippen LogP contribution in [0.25, 0.3) is 0 Å². The first-order valence-electron chi connectivity index (χ1n) is 6.36. The molecule has 2 rings (SSSR count). The molecule has 0 aromatic heterocycles. The van der Waals surface area contributed by atoms with E-state index in [4.69, 9.17) is 4.74 Å². The molecule has 0 atom stereocenters. The van der Waals surface area contributed by atoms with Gasteiger partial charge in [-0.2, -0.15) is 0 Å². The van der Waals surface area contributed by atoms with Crippen LogP contribution < -0.4 is 61.6 Å². The maximum atomic E-state index is 13.0. The molecule has 0 saturated carbocycles. The Morgan fingerprint density at radius 2 is 1.67 bits per heavy atom. The Kier molecular flexibility index (Phi) is 7.00. The molecule has 0 aliphatic rings. The maximum absolute atomic E-state index is 13.0. The first kappa shape index (κ1) is 18.8. The number of ether oxygens (including phenoxy) is 1. The van der Waals surface area contributed by atoms with Gasteiger partial charge in [-0.25, -0.2) is 0 Å². The molecule has 0 aliphatic carbocycles. The fraction of sp³-hybridized carbons (Fsp3) is 0.200. The molecule has 0 unspecified atom stereocenters. The Labute approximate surface area is 165 Å². The van der Waals surface area contributed by atoms with Gasteiger partial charge in [0.2, 0.25) is 0 Å². The fourth-order valence-electron chi connectivity index (χ4n) is 1.98. The van der Waals surface area contributed by atoms with Crippen molar-refractivity contribution < 1.29 is 69.1 Å². The molecular formula is C15H15BF3KO. The quantitative estimate of drug-likeness (QED) is 0.763. The van der Waals surface area contributed by atoms with Crippen LogP contribution in [0.15, 0.2) is 42.5 Å². The van der Waals surface area contributed by atoms with Gasteiger partial charge >= 0.3 is 58.4 Å². The Hall–Kier alpha value is -0.269. The standard InChI is InChI=1S/C15H15BF3O.K/c1-11-7-8-15(14(9-11)16(17,18)19)20-10-13-6-4-3-5-12(13)2;/h3-9H,10H2,1-2H3;/q-1;+1. The first-order valence-corrected chi connectivity index (χ1v) is 6.36. The molecule has 0 fully saturated rings. The van der Waals surface area contributed by atoms with E-state index >= 15 is 0 Å². The van der Waals surface area contributed by atoms with Crippen molar-refractivity contribution in [3.8, 4) is 5.75 Å². The number of hydrogen-bond donors (Lipinski definition) is 0. The third-order valence-electron chi connectivity index (χ3n) is 3.16. The molecule has 6 heteroatoms. The average molecular weight is 318 g/mol. The summed E-state index contributed by atoms with van der Waals surface area (Å²) in [5.41, 5.74) is 1.79. The monoisotopic (exact) mass is 318 g/mol. The second-order valence-corrected chi connectivity index (χ2v) is 4.83. The molecule has 0 N–H and O–H groups in total. The molecule has 0 aliphatic heterocycles. The van der Waals surface area contributed by atoms with E-state index in [9.17, 15) is 12.9 Å². The van der Waals surface area contributed by atoms with Gasteiger partial charge in [0, 0.05) is 0 Å². The van der Waals surface area contributed by atoms with Gasteiger partial charge in [0.1, 0.15) is 6.61 Å². The van der Waals surface area contributed by atoms with Crippen molar-refractivity contribution in [3.63, 3.8) is 0 Å². The van der Waals surface area contributed by atoms with Crippen LogP contribution in [0.1, 0.15) is 16.7 Å². The summed E-state index contributed by atoms with van der Waals surface area (Å²) in [5, 5.41) is 0. The number of aryl methyl sites for hydroxylation is 2. The molecule has 0 radical (unpaired) electrons. The Morgan fingerprint density at radius 1 is 1.00 bits per heavy atom. The third kappa shape index (κ3) is 5.14. The summed E-state index contributed by atoms with van der Waals surface area (Å²) in [6, 6.07) is 11.6. The molecule has 106 valence electrons. The van der Waals surface area contributed by atoms with Gasteiger partial charge in [-0.15, -0.1) is 0 Å². The van der Waals surface area contributed by atoms with Crippen LogP contribution in [-0.2, 0) is 6.61 Å². The third-order valence-corrected chi connectivity index (χ3v) is 3.16. The normalized spacial score (nSPS) is 10.9. The van der Waals surface area contributed by atoms with E-state index in [1.807, 2.05) is 31.2 Å². The molecule has 2 aromatic rings. The van der Waals surface area contributed by atoms with Crippen LogP contribution in [-0.4, -0.2) is 6.98 Å². The molecule has 1 nitrogen and oxygen atoms in total. The van der Waals surface area contributed by atoms with Gasteiger partial charge in [-0.05, 0) is 31.0 Å². The van der Waals surface area contributed by atoms with Crippen molar-refractivity contribution in [3.05, 3.63) is 59.2 Å². The van der Waals surface area contributed by atoms with Gasteiger partial charge in [-0.1, -0.05) is 47.4 Å². The number of rotatable bonds is 4. The van der Waals surface area contributed by atoms with E-state index < -0.39 is 12.4 Å². The van der Waals surface area contributed by atoms with Crippen molar-refractivity contribution in [1.82, 2.24) is 0 Å². The van der Waals surface area contributed by atoms with E-state index in [2.05, 4.69) is 0 Å². The maximum Gasteiger partial charge on any atom is 1.00 e. The van der Waals surface area contributed by atoms with E-state index in [-0.39, 0.29) is 63.7 Å². The van der Waals surface area contributed by atoms with Gasteiger partial charge < -0.3 is 17.7 Å². The van der Waals surface area contributed by atoms with E-state index in [1.54, 1.807) is 13.0 Å². The predicted molar refractivity (Wildman–Crippen MR) is 75.4 cm³/mol. The smallest absolute Gasteiger partial charge is 0.492 e. The van der Waals surface area contributed by atoms with E-state index in [1.165, 1.54) is 6.07 Å². The number of hydrogen-bond acceptors (Lipinski definition) is 1. The van der Waals surface area contributed by atoms with Crippen molar-refractivity contribution in [2.75, 3.05) is 0 Å². The Balaban J connectivity index is 0.00000220. The number of benzene rings is 2. The molecule has 0 saturated heterocycles. The minimum Gasteiger partial charge on any atom is -0.492 e. The molecule has 21 heavy (non-hydrogen) atoms. The molecule has 0 bridgehead atoms. The van der Waals surface area contributed by atoms with Gasteiger partial charge in [0.15, 0.2) is 0 Å². The summed E-state index contributed by atoms with van der Waals surface area (Å²) in [6.45, 7) is -1.40. The average Bonchev–Trinajstić information content (AvgIpc) is 2.38. The second-order valence-electron chi connectivity index (χ2n) is 4.83. The Morgan fingerprint density at radius 3 is 2.29 bits per heavy atom. The molecule has 0 heterocycles. The van der Waals surface area contributed by atoms with Crippen LogP contribution in [0.3, 0.4) is 0 Å². The minimum atomic E-state index is -5.07. The summed E-state index contributed by atoms with van der Waals surface area (Å²) >= 11 is 0. The van der Waals surface area contributed by atoms with Crippen molar-refractivity contribution in [2.24, 2.45) is 0 Å². The van der Waals surface area contributed by atoms with Crippen LogP contribution >= 0.6 is 0 Å². The van der Waals surface area contributed by atoms with E-state index in [0.717, 1.165) is 17.2 Å². The van der Waals surface area contributed by atoms with Crippen molar-refractivity contribution >= 4 is 12.4 Å². The van der Waals surface area contributed by atoms with Gasteiger partial charge in [0.25, 0.3) is 0 Å². The molecular weight excluding hydrogens is 303 g/mol. The van der Waals surface area contributed by atoms with Gasteiger partial charge in [0.05, 0.1) is 5.75 Å². The van der Waals surface area contributed by atoms with Crippen LogP contribution in [0.2, 0.25) is 0 Å². The summed E-state index contributed by atoms with van der Waals surface area (Å²) in [4.78, 5) is 0. The molecule has 2 aromatic carbocycles. The first-order chi connectivity index (χ1) is 9.38. The zero-order valence-electron chi connectivity index (χ0n) is 12.4.